The maximum Gasteiger partial charge on any atom is 0.407 e. The van der Waals surface area contributed by atoms with Gasteiger partial charge in [0.05, 0.1) is 23.5 Å². The average Bonchev–Trinajstić information content (AvgIpc) is 3.05. The van der Waals surface area contributed by atoms with Gasteiger partial charge >= 0.3 is 6.09 Å². The number of hydrogen-bond donors (Lipinski definition) is 1. The number of nitrogens with zero attached hydrogens (tertiary/aromatic N) is 3. The predicted molar refractivity (Wildman–Crippen MR) is 122 cm³/mol. The Morgan fingerprint density at radius 3 is 2.74 bits per heavy atom. The SMILES string of the molecule is COC(=O)NCC(=O)N(C)c1ccc(Cl)c(COc2cccn3c(Br)c(C)nc23)c1Cl. The van der Waals surface area contributed by atoms with E-state index in [0.29, 0.717) is 27.7 Å². The minimum atomic E-state index is -0.701. The Morgan fingerprint density at radius 2 is 2.03 bits per heavy atom. The highest BCUT2D eigenvalue weighted by Crippen LogP contribution is 2.35. The number of fused-ring (bicyclic) bond motifs is 1. The van der Waals surface area contributed by atoms with Gasteiger partial charge in [-0.25, -0.2) is 9.78 Å². The molecule has 164 valence electrons. The van der Waals surface area contributed by atoms with Crippen molar-refractivity contribution in [2.75, 3.05) is 25.6 Å². The third-order valence-corrected chi connectivity index (χ3v) is 6.29. The summed E-state index contributed by atoms with van der Waals surface area (Å²) in [6.07, 6.45) is 1.17. The Kier molecular flexibility index (Phi) is 7.30. The van der Waals surface area contributed by atoms with E-state index in [9.17, 15) is 9.59 Å². The summed E-state index contributed by atoms with van der Waals surface area (Å²) >= 11 is 16.4. The molecule has 31 heavy (non-hydrogen) atoms. The number of halogens is 3. The zero-order valence-corrected chi connectivity index (χ0v) is 20.0. The lowest BCUT2D eigenvalue weighted by molar-refractivity contribution is -0.117. The largest absolute Gasteiger partial charge is 0.485 e. The van der Waals surface area contributed by atoms with Crippen molar-refractivity contribution in [3.8, 4) is 5.75 Å². The molecule has 0 unspecified atom stereocenters. The van der Waals surface area contributed by atoms with Crippen molar-refractivity contribution in [1.82, 2.24) is 14.7 Å². The van der Waals surface area contributed by atoms with Gasteiger partial charge in [0.1, 0.15) is 17.8 Å². The fraction of sp³-hybridized carbons (Fsp3) is 0.250. The zero-order valence-electron chi connectivity index (χ0n) is 16.9. The molecule has 1 N–H and O–H groups in total. The number of aryl methyl sites for hydroxylation is 1. The summed E-state index contributed by atoms with van der Waals surface area (Å²) in [5.41, 5.74) is 2.43. The van der Waals surface area contributed by atoms with Gasteiger partial charge in [-0.1, -0.05) is 23.2 Å². The molecular weight excluding hydrogens is 511 g/mol. The minimum Gasteiger partial charge on any atom is -0.485 e. The molecule has 0 radical (unpaired) electrons. The van der Waals surface area contributed by atoms with E-state index in [-0.39, 0.29) is 24.1 Å². The molecule has 0 saturated heterocycles. The van der Waals surface area contributed by atoms with E-state index in [4.69, 9.17) is 27.9 Å². The number of ether oxygens (including phenoxy) is 2. The second-order valence-corrected chi connectivity index (χ2v) is 8.04. The first-order valence-corrected chi connectivity index (χ1v) is 10.6. The molecule has 2 heterocycles. The lowest BCUT2D eigenvalue weighted by atomic mass is 10.2. The third kappa shape index (κ3) is 4.89. The van der Waals surface area contributed by atoms with E-state index in [1.807, 2.05) is 23.6 Å². The molecule has 2 amide bonds. The second-order valence-electron chi connectivity index (χ2n) is 6.50. The Balaban J connectivity index is 1.82. The quantitative estimate of drug-likeness (QED) is 0.504. The fourth-order valence-electron chi connectivity index (χ4n) is 2.84. The molecule has 0 bridgehead atoms. The van der Waals surface area contributed by atoms with Gasteiger partial charge in [0.15, 0.2) is 11.4 Å². The maximum absolute atomic E-state index is 12.4. The minimum absolute atomic E-state index is 0.0666. The fourth-order valence-corrected chi connectivity index (χ4v) is 3.82. The van der Waals surface area contributed by atoms with Crippen molar-refractivity contribution >= 4 is 62.5 Å². The molecule has 0 atom stereocenters. The number of hydrogen-bond acceptors (Lipinski definition) is 5. The molecule has 2 aromatic heterocycles. The molecule has 0 aliphatic heterocycles. The van der Waals surface area contributed by atoms with Crippen LogP contribution in [0, 0.1) is 6.92 Å². The molecule has 0 saturated carbocycles. The summed E-state index contributed by atoms with van der Waals surface area (Å²) in [6, 6.07) is 6.90. The normalized spacial score (nSPS) is 10.8. The Hall–Kier alpha value is -2.49. The number of amides is 2. The van der Waals surface area contributed by atoms with E-state index in [1.54, 1.807) is 25.2 Å². The van der Waals surface area contributed by atoms with Crippen molar-refractivity contribution in [3.63, 3.8) is 0 Å². The first-order valence-electron chi connectivity index (χ1n) is 9.05. The Labute approximate surface area is 197 Å². The van der Waals surface area contributed by atoms with E-state index < -0.39 is 6.09 Å². The van der Waals surface area contributed by atoms with Crippen LogP contribution in [0.3, 0.4) is 0 Å². The zero-order chi connectivity index (χ0) is 22.7. The topological polar surface area (TPSA) is 85.2 Å². The molecule has 8 nitrogen and oxygen atoms in total. The third-order valence-electron chi connectivity index (χ3n) is 4.56. The van der Waals surface area contributed by atoms with Gasteiger partial charge in [-0.2, -0.15) is 0 Å². The van der Waals surface area contributed by atoms with Gasteiger partial charge in [-0.15, -0.1) is 0 Å². The van der Waals surface area contributed by atoms with E-state index in [2.05, 4.69) is 31.0 Å². The van der Waals surface area contributed by atoms with Gasteiger partial charge < -0.3 is 19.7 Å². The first kappa shape index (κ1) is 23.2. The van der Waals surface area contributed by atoms with Crippen LogP contribution >= 0.6 is 39.1 Å². The van der Waals surface area contributed by atoms with Gasteiger partial charge in [0.2, 0.25) is 5.91 Å². The molecule has 0 aliphatic carbocycles. The van der Waals surface area contributed by atoms with Crippen LogP contribution in [0.15, 0.2) is 35.1 Å². The highest BCUT2D eigenvalue weighted by molar-refractivity contribution is 9.10. The Bertz CT molecular complexity index is 1150. The van der Waals surface area contributed by atoms with Crippen molar-refractivity contribution in [1.29, 1.82) is 0 Å². The van der Waals surface area contributed by atoms with E-state index in [1.165, 1.54) is 12.0 Å². The number of rotatable bonds is 6. The lowest BCUT2D eigenvalue weighted by Gasteiger charge is -2.21. The van der Waals surface area contributed by atoms with Crippen LogP contribution in [0.1, 0.15) is 11.3 Å². The number of aromatic nitrogens is 2. The highest BCUT2D eigenvalue weighted by Gasteiger charge is 2.20. The van der Waals surface area contributed by atoms with Crippen LogP contribution in [-0.2, 0) is 16.1 Å². The van der Waals surface area contributed by atoms with Crippen LogP contribution in [0.4, 0.5) is 10.5 Å². The van der Waals surface area contributed by atoms with Gasteiger partial charge in [-0.3, -0.25) is 9.20 Å². The summed E-state index contributed by atoms with van der Waals surface area (Å²) in [5, 5.41) is 3.01. The van der Waals surface area contributed by atoms with E-state index >= 15 is 0 Å². The predicted octanol–water partition coefficient (Wildman–Crippen LogP) is 4.61. The monoisotopic (exact) mass is 528 g/mol. The van der Waals surface area contributed by atoms with Crippen LogP contribution in [0.25, 0.3) is 5.65 Å². The molecule has 0 aliphatic rings. The van der Waals surface area contributed by atoms with Crippen molar-refractivity contribution in [3.05, 3.63) is 56.4 Å². The van der Waals surface area contributed by atoms with Gasteiger partial charge in [0, 0.05) is 23.8 Å². The molecule has 0 fully saturated rings. The first-order chi connectivity index (χ1) is 14.7. The number of alkyl carbamates (subject to hydrolysis) is 1. The summed E-state index contributed by atoms with van der Waals surface area (Å²) < 4.78 is 13.1. The number of carbonyl (C=O) groups excluding carboxylic acids is 2. The summed E-state index contributed by atoms with van der Waals surface area (Å²) in [4.78, 5) is 29.4. The van der Waals surface area contributed by atoms with Crippen molar-refractivity contribution < 1.29 is 19.1 Å². The van der Waals surface area contributed by atoms with Crippen LogP contribution in [0.5, 0.6) is 5.75 Å². The van der Waals surface area contributed by atoms with Crippen molar-refractivity contribution in [2.45, 2.75) is 13.5 Å². The smallest absolute Gasteiger partial charge is 0.407 e. The highest BCUT2D eigenvalue weighted by atomic mass is 79.9. The lowest BCUT2D eigenvalue weighted by Crippen LogP contribution is -2.38. The molecule has 3 rings (SSSR count). The van der Waals surface area contributed by atoms with Gasteiger partial charge in [0.25, 0.3) is 0 Å². The number of anilines is 1. The van der Waals surface area contributed by atoms with Crippen LogP contribution in [0.2, 0.25) is 10.0 Å². The van der Waals surface area contributed by atoms with Crippen LogP contribution in [-0.4, -0.2) is 42.1 Å². The summed E-state index contributed by atoms with van der Waals surface area (Å²) in [5.74, 6) is 0.171. The van der Waals surface area contributed by atoms with Crippen LogP contribution < -0.4 is 15.0 Å². The average molecular weight is 530 g/mol. The standard InChI is InChI=1S/C20H19BrCl2N4O4/c1-11-18(21)27-8-4-5-15(19(27)25-11)31-10-12-13(22)6-7-14(17(12)23)26(2)16(28)9-24-20(29)30-3/h4-8H,9-10H2,1-3H3,(H,24,29). The van der Waals surface area contributed by atoms with E-state index in [0.717, 1.165) is 10.3 Å². The molecular formula is C20H19BrCl2N4O4. The number of nitrogens with one attached hydrogen (secondary N) is 1. The number of benzene rings is 1. The Morgan fingerprint density at radius 1 is 1.29 bits per heavy atom. The number of methoxy groups -OCH3 is 1. The molecule has 0 spiro atoms. The molecule has 11 heteroatoms. The van der Waals surface area contributed by atoms with Gasteiger partial charge in [-0.05, 0) is 47.1 Å². The maximum atomic E-state index is 12.4. The number of carbonyl (C=O) groups is 2. The number of pyridine rings is 1. The number of imidazole rings is 1. The molecule has 3 aromatic rings. The number of likely N-dealkylation sites (N-methyl/N-ethyl adjacent to an activating group) is 1. The summed E-state index contributed by atoms with van der Waals surface area (Å²) in [7, 11) is 2.77. The van der Waals surface area contributed by atoms with Crippen molar-refractivity contribution in [2.24, 2.45) is 0 Å². The molecule has 1 aromatic carbocycles. The summed E-state index contributed by atoms with van der Waals surface area (Å²) in [6.45, 7) is 1.71. The second kappa shape index (κ2) is 9.76.